The van der Waals surface area contributed by atoms with Gasteiger partial charge in [0.1, 0.15) is 0 Å². The van der Waals surface area contributed by atoms with Crippen molar-refractivity contribution in [3.8, 4) is 0 Å². The molecular weight excluding hydrogens is 384 g/mol. The van der Waals surface area contributed by atoms with Crippen LogP contribution in [0.5, 0.6) is 0 Å². The van der Waals surface area contributed by atoms with Crippen LogP contribution in [-0.4, -0.2) is 39.8 Å². The smallest absolute Gasteiger partial charge is 0.166 e. The van der Waals surface area contributed by atoms with Gasteiger partial charge in [-0.3, -0.25) is 9.59 Å². The molecule has 0 spiro atoms. The molecule has 4 nitrogen and oxygen atoms in total. The molecule has 0 atom stereocenters. The molecule has 0 saturated heterocycles. The van der Waals surface area contributed by atoms with Gasteiger partial charge in [0.25, 0.3) is 0 Å². The topological polar surface area (TPSA) is 40.6 Å². The van der Waals surface area contributed by atoms with Gasteiger partial charge in [0.15, 0.2) is 11.6 Å². The second-order valence-electron chi connectivity index (χ2n) is 9.41. The molecule has 0 bridgehead atoms. The zero-order chi connectivity index (χ0) is 22.8. The van der Waals surface area contributed by atoms with E-state index in [1.54, 1.807) is 6.08 Å². The number of ketones is 2. The molecule has 1 fully saturated rings. The first-order valence-electron chi connectivity index (χ1n) is 10.6. The van der Waals surface area contributed by atoms with Crippen LogP contribution in [0.25, 0.3) is 5.57 Å². The van der Waals surface area contributed by atoms with Crippen LogP contribution in [0.4, 0.5) is 11.4 Å². The SMILES string of the molecule is CN(C)c1ccc(C(=CC=C2C(=O)CC(C)(C)CC2=O)c2ccc(N(C)C)cc2)cc1. The number of rotatable bonds is 5. The van der Waals surface area contributed by atoms with Crippen molar-refractivity contribution in [3.63, 3.8) is 0 Å². The van der Waals surface area contributed by atoms with Crippen molar-refractivity contribution < 1.29 is 9.59 Å². The summed E-state index contributed by atoms with van der Waals surface area (Å²) in [6.07, 6.45) is 4.44. The van der Waals surface area contributed by atoms with Crippen LogP contribution in [0, 0.1) is 5.41 Å². The highest BCUT2D eigenvalue weighted by Gasteiger charge is 2.35. The van der Waals surface area contributed by atoms with Gasteiger partial charge in [-0.05, 0) is 52.5 Å². The maximum atomic E-state index is 12.6. The van der Waals surface area contributed by atoms with E-state index >= 15 is 0 Å². The first-order valence-corrected chi connectivity index (χ1v) is 10.6. The Bertz CT molecular complexity index is 948. The first-order chi connectivity index (χ1) is 14.6. The fraction of sp³-hybridized carbons (Fsp3) is 0.333. The Morgan fingerprint density at radius 1 is 0.742 bits per heavy atom. The summed E-state index contributed by atoms with van der Waals surface area (Å²) >= 11 is 0. The van der Waals surface area contributed by atoms with E-state index < -0.39 is 0 Å². The maximum Gasteiger partial charge on any atom is 0.166 e. The maximum absolute atomic E-state index is 12.6. The molecule has 0 radical (unpaired) electrons. The molecule has 0 aromatic heterocycles. The number of carbonyl (C=O) groups excluding carboxylic acids is 2. The third-order valence-electron chi connectivity index (χ3n) is 5.69. The monoisotopic (exact) mass is 416 g/mol. The molecule has 2 aromatic rings. The highest BCUT2D eigenvalue weighted by Crippen LogP contribution is 2.34. The van der Waals surface area contributed by atoms with Gasteiger partial charge in [-0.1, -0.05) is 44.2 Å². The standard InChI is InChI=1S/C27H32N2O2/c1-27(2)17-25(30)24(26(31)18-27)16-15-23(19-7-11-21(12-8-19)28(3)4)20-9-13-22(14-10-20)29(5)6/h7-16H,17-18H2,1-6H3. The molecule has 31 heavy (non-hydrogen) atoms. The van der Waals surface area contributed by atoms with Crippen molar-refractivity contribution in [2.45, 2.75) is 26.7 Å². The average molecular weight is 417 g/mol. The van der Waals surface area contributed by atoms with Gasteiger partial charge in [-0.15, -0.1) is 0 Å². The number of anilines is 2. The van der Waals surface area contributed by atoms with Gasteiger partial charge in [-0.2, -0.15) is 0 Å². The van der Waals surface area contributed by atoms with E-state index in [-0.39, 0.29) is 17.0 Å². The summed E-state index contributed by atoms with van der Waals surface area (Å²) in [6, 6.07) is 16.6. The summed E-state index contributed by atoms with van der Waals surface area (Å²) in [5, 5.41) is 0. The van der Waals surface area contributed by atoms with Crippen LogP contribution in [0.1, 0.15) is 37.8 Å². The Hall–Kier alpha value is -3.14. The van der Waals surface area contributed by atoms with Crippen molar-refractivity contribution in [1.29, 1.82) is 0 Å². The lowest BCUT2D eigenvalue weighted by molar-refractivity contribution is -0.127. The Balaban J connectivity index is 2.05. The van der Waals surface area contributed by atoms with E-state index in [2.05, 4.69) is 58.3 Å². The summed E-state index contributed by atoms with van der Waals surface area (Å²) in [4.78, 5) is 29.3. The number of Topliss-reactive ketones (excluding diaryl/α,β-unsaturated/α-hetero) is 2. The Morgan fingerprint density at radius 3 is 1.48 bits per heavy atom. The molecule has 4 heteroatoms. The first kappa shape index (κ1) is 22.5. The summed E-state index contributed by atoms with van der Waals surface area (Å²) in [7, 11) is 8.05. The van der Waals surface area contributed by atoms with Crippen molar-refractivity contribution in [1.82, 2.24) is 0 Å². The van der Waals surface area contributed by atoms with Gasteiger partial charge < -0.3 is 9.80 Å². The molecular formula is C27H32N2O2. The number of hydrogen-bond donors (Lipinski definition) is 0. The predicted molar refractivity (Wildman–Crippen MR) is 130 cm³/mol. The molecule has 0 amide bonds. The van der Waals surface area contributed by atoms with E-state index in [1.165, 1.54) is 0 Å². The largest absolute Gasteiger partial charge is 0.378 e. The van der Waals surface area contributed by atoms with Crippen LogP contribution in [0.15, 0.2) is 66.3 Å². The van der Waals surface area contributed by atoms with Crippen molar-refractivity contribution in [3.05, 3.63) is 77.4 Å². The highest BCUT2D eigenvalue weighted by molar-refractivity contribution is 6.22. The molecule has 3 rings (SSSR count). The second kappa shape index (κ2) is 8.93. The summed E-state index contributed by atoms with van der Waals surface area (Å²) in [5.41, 5.74) is 5.34. The van der Waals surface area contributed by atoms with Gasteiger partial charge >= 0.3 is 0 Å². The van der Waals surface area contributed by atoms with Crippen LogP contribution in [-0.2, 0) is 9.59 Å². The number of benzene rings is 2. The Kier molecular flexibility index (Phi) is 6.49. The summed E-state index contributed by atoms with van der Waals surface area (Å²) < 4.78 is 0. The minimum absolute atomic E-state index is 0.0669. The quantitative estimate of drug-likeness (QED) is 0.500. The average Bonchev–Trinajstić information content (AvgIpc) is 2.69. The zero-order valence-electron chi connectivity index (χ0n) is 19.4. The van der Waals surface area contributed by atoms with E-state index in [9.17, 15) is 9.59 Å². The number of allylic oxidation sites excluding steroid dienone is 3. The Morgan fingerprint density at radius 2 is 1.13 bits per heavy atom. The van der Waals surface area contributed by atoms with E-state index in [4.69, 9.17) is 0 Å². The highest BCUT2D eigenvalue weighted by atomic mass is 16.1. The van der Waals surface area contributed by atoms with Crippen LogP contribution < -0.4 is 9.80 Å². The number of nitrogens with zero attached hydrogens (tertiary/aromatic N) is 2. The Labute approximate surface area is 185 Å². The number of carbonyl (C=O) groups is 2. The zero-order valence-corrected chi connectivity index (χ0v) is 19.4. The number of hydrogen-bond acceptors (Lipinski definition) is 4. The van der Waals surface area contributed by atoms with Crippen molar-refractivity contribution in [2.24, 2.45) is 5.41 Å². The third-order valence-corrected chi connectivity index (χ3v) is 5.69. The minimum atomic E-state index is -0.262. The lowest BCUT2D eigenvalue weighted by Gasteiger charge is -2.28. The lowest BCUT2D eigenvalue weighted by atomic mass is 9.74. The summed E-state index contributed by atoms with van der Waals surface area (Å²) in [6.45, 7) is 3.94. The predicted octanol–water partition coefficient (Wildman–Crippen LogP) is 5.13. The normalized spacial score (nSPS) is 15.5. The molecule has 1 aliphatic rings. The summed E-state index contributed by atoms with van der Waals surface area (Å²) in [5.74, 6) is -0.134. The molecule has 2 aromatic carbocycles. The fourth-order valence-electron chi connectivity index (χ4n) is 3.87. The van der Waals surface area contributed by atoms with Gasteiger partial charge in [0.2, 0.25) is 0 Å². The van der Waals surface area contributed by atoms with E-state index in [0.29, 0.717) is 18.4 Å². The minimum Gasteiger partial charge on any atom is -0.378 e. The van der Waals surface area contributed by atoms with Gasteiger partial charge in [-0.25, -0.2) is 0 Å². The molecule has 0 unspecified atom stereocenters. The van der Waals surface area contributed by atoms with Crippen molar-refractivity contribution >= 4 is 28.5 Å². The molecule has 0 aliphatic heterocycles. The molecule has 1 aliphatic carbocycles. The molecule has 1 saturated carbocycles. The lowest BCUT2D eigenvalue weighted by Crippen LogP contribution is -2.31. The fourth-order valence-corrected chi connectivity index (χ4v) is 3.87. The molecule has 162 valence electrons. The van der Waals surface area contributed by atoms with Crippen LogP contribution in [0.2, 0.25) is 0 Å². The van der Waals surface area contributed by atoms with Gasteiger partial charge in [0, 0.05) is 52.4 Å². The van der Waals surface area contributed by atoms with E-state index in [1.807, 2.05) is 48.1 Å². The molecule has 0 N–H and O–H groups in total. The van der Waals surface area contributed by atoms with E-state index in [0.717, 1.165) is 28.1 Å². The second-order valence-corrected chi connectivity index (χ2v) is 9.41. The van der Waals surface area contributed by atoms with Crippen molar-refractivity contribution in [2.75, 3.05) is 38.0 Å². The third kappa shape index (κ3) is 5.32. The molecule has 0 heterocycles. The van der Waals surface area contributed by atoms with Crippen LogP contribution >= 0.6 is 0 Å². The van der Waals surface area contributed by atoms with Gasteiger partial charge in [0.05, 0.1) is 5.57 Å². The van der Waals surface area contributed by atoms with Crippen LogP contribution in [0.3, 0.4) is 0 Å².